The van der Waals surface area contributed by atoms with Gasteiger partial charge in [-0.1, -0.05) is 54.0 Å². The second kappa shape index (κ2) is 10.6. The van der Waals surface area contributed by atoms with Gasteiger partial charge in [0.05, 0.1) is 6.54 Å². The Labute approximate surface area is 167 Å². The maximum atomic E-state index is 12.4. The first kappa shape index (κ1) is 20.8. The van der Waals surface area contributed by atoms with Crippen LogP contribution in [0.25, 0.3) is 0 Å². The van der Waals surface area contributed by atoms with Gasteiger partial charge in [0.2, 0.25) is 5.91 Å². The molecule has 0 aliphatic rings. The molecular formula is C20H24BrN3O3. The number of carbonyl (C=O) groups excluding carboxylic acids is 2. The summed E-state index contributed by atoms with van der Waals surface area (Å²) in [6.07, 6.45) is 0. The number of benzene rings is 2. The second-order valence-electron chi connectivity index (χ2n) is 6.28. The van der Waals surface area contributed by atoms with E-state index in [1.54, 1.807) is 12.1 Å². The summed E-state index contributed by atoms with van der Waals surface area (Å²) in [6, 6.07) is 15.5. The van der Waals surface area contributed by atoms with Gasteiger partial charge in [0.1, 0.15) is 18.4 Å². The van der Waals surface area contributed by atoms with E-state index < -0.39 is 12.1 Å². The molecule has 0 saturated carbocycles. The maximum Gasteiger partial charge on any atom is 0.319 e. The van der Waals surface area contributed by atoms with E-state index in [1.807, 2.05) is 56.3 Å². The molecule has 3 amide bonds. The largest absolute Gasteiger partial charge is 0.492 e. The van der Waals surface area contributed by atoms with E-state index in [0.717, 1.165) is 10.2 Å². The number of urea groups is 1. The molecule has 144 valence electrons. The molecule has 7 heteroatoms. The van der Waals surface area contributed by atoms with Gasteiger partial charge in [-0.15, -0.1) is 0 Å². The molecule has 2 aromatic rings. The summed E-state index contributed by atoms with van der Waals surface area (Å²) in [5, 5.41) is 8.24. The summed E-state index contributed by atoms with van der Waals surface area (Å²) in [5.41, 5.74) is 0.667. The number of anilines is 1. The standard InChI is InChI=1S/C20H24BrN3O3/c1-14(2)18(24-20(26)23-16-8-4-3-5-9-16)19(25)22-11-12-27-17-10-6-7-15(21)13-17/h3-10,13-14,18H,11-12H2,1-2H3,(H,22,25)(H2,23,24,26). The van der Waals surface area contributed by atoms with Gasteiger partial charge in [-0.3, -0.25) is 4.79 Å². The third kappa shape index (κ3) is 7.30. The number of amides is 3. The minimum Gasteiger partial charge on any atom is -0.492 e. The molecule has 0 heterocycles. The molecule has 1 unspecified atom stereocenters. The predicted molar refractivity (Wildman–Crippen MR) is 110 cm³/mol. The lowest BCUT2D eigenvalue weighted by atomic mass is 10.0. The zero-order chi connectivity index (χ0) is 19.6. The van der Waals surface area contributed by atoms with Gasteiger partial charge in [-0.2, -0.15) is 0 Å². The summed E-state index contributed by atoms with van der Waals surface area (Å²) < 4.78 is 6.52. The molecule has 0 aromatic heterocycles. The minimum absolute atomic E-state index is 0.0579. The van der Waals surface area contributed by atoms with Crippen LogP contribution >= 0.6 is 15.9 Å². The number of hydrogen-bond donors (Lipinski definition) is 3. The average Bonchev–Trinajstić information content (AvgIpc) is 2.64. The first-order valence-corrected chi connectivity index (χ1v) is 9.53. The first-order valence-electron chi connectivity index (χ1n) is 8.74. The lowest BCUT2D eigenvalue weighted by Crippen LogP contribution is -2.51. The van der Waals surface area contributed by atoms with Crippen LogP contribution in [0.1, 0.15) is 13.8 Å². The van der Waals surface area contributed by atoms with Crippen LogP contribution in [0.15, 0.2) is 59.1 Å². The van der Waals surface area contributed by atoms with Crippen LogP contribution in [-0.4, -0.2) is 31.1 Å². The van der Waals surface area contributed by atoms with Crippen molar-refractivity contribution in [2.45, 2.75) is 19.9 Å². The quantitative estimate of drug-likeness (QED) is 0.554. The Kier molecular flexibility index (Phi) is 8.13. The molecule has 0 aliphatic carbocycles. The summed E-state index contributed by atoms with van der Waals surface area (Å²) >= 11 is 3.38. The smallest absolute Gasteiger partial charge is 0.319 e. The van der Waals surface area contributed by atoms with Crippen LogP contribution in [0.3, 0.4) is 0 Å². The highest BCUT2D eigenvalue weighted by atomic mass is 79.9. The summed E-state index contributed by atoms with van der Waals surface area (Å²) in [6.45, 7) is 4.44. The van der Waals surface area contributed by atoms with Gasteiger partial charge in [0.25, 0.3) is 0 Å². The Balaban J connectivity index is 1.79. The van der Waals surface area contributed by atoms with Crippen molar-refractivity contribution >= 4 is 33.6 Å². The van der Waals surface area contributed by atoms with Crippen LogP contribution in [0, 0.1) is 5.92 Å². The zero-order valence-electron chi connectivity index (χ0n) is 15.4. The lowest BCUT2D eigenvalue weighted by Gasteiger charge is -2.22. The Morgan fingerprint density at radius 3 is 2.48 bits per heavy atom. The van der Waals surface area contributed by atoms with Crippen molar-refractivity contribution in [3.8, 4) is 5.75 Å². The molecule has 2 rings (SSSR count). The number of hydrogen-bond acceptors (Lipinski definition) is 3. The van der Waals surface area contributed by atoms with Crippen molar-refractivity contribution in [3.05, 3.63) is 59.1 Å². The van der Waals surface area contributed by atoms with Crippen molar-refractivity contribution in [1.29, 1.82) is 0 Å². The molecule has 6 nitrogen and oxygen atoms in total. The van der Waals surface area contributed by atoms with E-state index in [9.17, 15) is 9.59 Å². The molecule has 1 atom stereocenters. The SMILES string of the molecule is CC(C)C(NC(=O)Nc1ccccc1)C(=O)NCCOc1cccc(Br)c1. The first-order chi connectivity index (χ1) is 13.0. The molecule has 0 aliphatic heterocycles. The molecule has 2 aromatic carbocycles. The van der Waals surface area contributed by atoms with Gasteiger partial charge in [-0.25, -0.2) is 4.79 Å². The number of rotatable bonds is 8. The molecule has 0 bridgehead atoms. The zero-order valence-corrected chi connectivity index (χ0v) is 17.0. The van der Waals surface area contributed by atoms with E-state index in [0.29, 0.717) is 18.8 Å². The van der Waals surface area contributed by atoms with Gasteiger partial charge < -0.3 is 20.7 Å². The average molecular weight is 434 g/mol. The van der Waals surface area contributed by atoms with E-state index in [2.05, 4.69) is 31.9 Å². The number of para-hydroxylation sites is 1. The fourth-order valence-electron chi connectivity index (χ4n) is 2.37. The van der Waals surface area contributed by atoms with Gasteiger partial charge in [-0.05, 0) is 36.2 Å². The molecule has 3 N–H and O–H groups in total. The monoisotopic (exact) mass is 433 g/mol. The fraction of sp³-hybridized carbons (Fsp3) is 0.300. The Morgan fingerprint density at radius 2 is 1.81 bits per heavy atom. The third-order valence-electron chi connectivity index (χ3n) is 3.73. The number of nitrogens with one attached hydrogen (secondary N) is 3. The van der Waals surface area contributed by atoms with E-state index in [4.69, 9.17) is 4.74 Å². The summed E-state index contributed by atoms with van der Waals surface area (Å²) in [5.74, 6) is 0.419. The van der Waals surface area contributed by atoms with Gasteiger partial charge in [0.15, 0.2) is 0 Å². The molecule has 0 fully saturated rings. The van der Waals surface area contributed by atoms with Crippen LogP contribution in [0.5, 0.6) is 5.75 Å². The van der Waals surface area contributed by atoms with Crippen LogP contribution in [0.4, 0.5) is 10.5 Å². The Bertz CT molecular complexity index is 753. The van der Waals surface area contributed by atoms with Crippen molar-refractivity contribution in [1.82, 2.24) is 10.6 Å². The molecule has 0 radical (unpaired) electrons. The van der Waals surface area contributed by atoms with Gasteiger partial charge in [0, 0.05) is 10.2 Å². The van der Waals surface area contributed by atoms with Crippen molar-refractivity contribution < 1.29 is 14.3 Å². The minimum atomic E-state index is -0.639. The second-order valence-corrected chi connectivity index (χ2v) is 7.20. The van der Waals surface area contributed by atoms with Crippen molar-refractivity contribution in [2.75, 3.05) is 18.5 Å². The number of halogens is 1. The van der Waals surface area contributed by atoms with Crippen LogP contribution < -0.4 is 20.7 Å². The Hall–Kier alpha value is -2.54. The highest BCUT2D eigenvalue weighted by molar-refractivity contribution is 9.10. The lowest BCUT2D eigenvalue weighted by molar-refractivity contribution is -0.123. The fourth-order valence-corrected chi connectivity index (χ4v) is 2.75. The molecule has 0 saturated heterocycles. The highest BCUT2D eigenvalue weighted by Gasteiger charge is 2.23. The van der Waals surface area contributed by atoms with E-state index >= 15 is 0 Å². The Morgan fingerprint density at radius 1 is 1.07 bits per heavy atom. The van der Waals surface area contributed by atoms with E-state index in [1.165, 1.54) is 0 Å². The summed E-state index contributed by atoms with van der Waals surface area (Å²) in [4.78, 5) is 24.6. The molecule has 0 spiro atoms. The van der Waals surface area contributed by atoms with Crippen molar-refractivity contribution in [3.63, 3.8) is 0 Å². The van der Waals surface area contributed by atoms with Crippen molar-refractivity contribution in [2.24, 2.45) is 5.92 Å². The third-order valence-corrected chi connectivity index (χ3v) is 4.23. The topological polar surface area (TPSA) is 79.5 Å². The molecular weight excluding hydrogens is 410 g/mol. The molecule has 27 heavy (non-hydrogen) atoms. The van der Waals surface area contributed by atoms with Gasteiger partial charge >= 0.3 is 6.03 Å². The van der Waals surface area contributed by atoms with Crippen LogP contribution in [0.2, 0.25) is 0 Å². The maximum absolute atomic E-state index is 12.4. The number of ether oxygens (including phenoxy) is 1. The normalized spacial score (nSPS) is 11.6. The van der Waals surface area contributed by atoms with E-state index in [-0.39, 0.29) is 11.8 Å². The van der Waals surface area contributed by atoms with Crippen LogP contribution in [-0.2, 0) is 4.79 Å². The number of carbonyl (C=O) groups is 2. The predicted octanol–water partition coefficient (Wildman–Crippen LogP) is 3.79. The summed E-state index contributed by atoms with van der Waals surface area (Å²) in [7, 11) is 0. The highest BCUT2D eigenvalue weighted by Crippen LogP contribution is 2.17.